The van der Waals surface area contributed by atoms with Gasteiger partial charge in [-0.1, -0.05) is 12.1 Å². The quantitative estimate of drug-likeness (QED) is 0.470. The van der Waals surface area contributed by atoms with Gasteiger partial charge in [-0.3, -0.25) is 0 Å². The first-order valence-electron chi connectivity index (χ1n) is 10.6. The van der Waals surface area contributed by atoms with Gasteiger partial charge >= 0.3 is 6.09 Å². The molecule has 2 aromatic rings. The van der Waals surface area contributed by atoms with Crippen LogP contribution in [-0.4, -0.2) is 74.7 Å². The van der Waals surface area contributed by atoms with Gasteiger partial charge in [0.25, 0.3) is 0 Å². The molecule has 33 heavy (non-hydrogen) atoms. The number of ether oxygens (including phenoxy) is 2. The van der Waals surface area contributed by atoms with Crippen LogP contribution in [0.1, 0.15) is 5.56 Å². The zero-order valence-electron chi connectivity index (χ0n) is 18.4. The summed E-state index contributed by atoms with van der Waals surface area (Å²) in [6, 6.07) is 8.92. The number of halogens is 1. The highest BCUT2D eigenvalue weighted by Gasteiger charge is 2.28. The first-order chi connectivity index (χ1) is 15.9. The molecule has 0 spiro atoms. The van der Waals surface area contributed by atoms with E-state index in [0.717, 1.165) is 24.7 Å². The monoisotopic (exact) mass is 458 g/mol. The van der Waals surface area contributed by atoms with E-state index in [1.165, 1.54) is 0 Å². The van der Waals surface area contributed by atoms with Crippen molar-refractivity contribution in [3.05, 3.63) is 41.7 Å². The van der Waals surface area contributed by atoms with Gasteiger partial charge in [0, 0.05) is 51.9 Å². The molecule has 1 aromatic carbocycles. The van der Waals surface area contributed by atoms with E-state index < -0.39 is 17.9 Å². The molecular weight excluding hydrogens is 431 g/mol. The summed E-state index contributed by atoms with van der Waals surface area (Å²) in [6.07, 6.45) is -0.711. The Hall–Kier alpha value is -3.67. The van der Waals surface area contributed by atoms with Gasteiger partial charge in [0.1, 0.15) is 6.61 Å². The van der Waals surface area contributed by atoms with Crippen LogP contribution in [0.2, 0.25) is 0 Å². The van der Waals surface area contributed by atoms with E-state index >= 15 is 4.39 Å². The molecule has 3 heterocycles. The molecule has 0 unspecified atom stereocenters. The van der Waals surface area contributed by atoms with Crippen LogP contribution in [-0.2, 0) is 16.1 Å². The van der Waals surface area contributed by atoms with Crippen molar-refractivity contribution in [2.75, 3.05) is 61.1 Å². The van der Waals surface area contributed by atoms with Gasteiger partial charge in [0.05, 0.1) is 11.8 Å². The number of carbonyl (C=O) groups is 1. The summed E-state index contributed by atoms with van der Waals surface area (Å²) in [4.78, 5) is 20.9. The molecule has 1 aromatic heterocycles. The average Bonchev–Trinajstić information content (AvgIpc) is 2.78. The van der Waals surface area contributed by atoms with Gasteiger partial charge in [-0.05, 0) is 18.2 Å². The highest BCUT2D eigenvalue weighted by atomic mass is 19.1. The zero-order chi connectivity index (χ0) is 23.4. The maximum absolute atomic E-state index is 15.0. The Bertz CT molecular complexity index is 1000. The molecule has 2 aliphatic rings. The molecule has 11 nitrogen and oxygen atoms in total. The Morgan fingerprint density at radius 2 is 1.70 bits per heavy atom. The molecular formula is C21H27FN8O3. The number of anilines is 3. The number of nitrogens with zero attached hydrogens (tertiary/aromatic N) is 6. The average molecular weight is 458 g/mol. The van der Waals surface area contributed by atoms with Crippen molar-refractivity contribution in [2.45, 2.75) is 12.7 Å². The van der Waals surface area contributed by atoms with E-state index in [-0.39, 0.29) is 18.3 Å². The second-order valence-electron chi connectivity index (χ2n) is 7.83. The Kier molecular flexibility index (Phi) is 6.73. The molecule has 4 N–H and O–H groups in total. The molecule has 176 valence electrons. The van der Waals surface area contributed by atoms with E-state index in [1.54, 1.807) is 25.3 Å². The Morgan fingerprint density at radius 1 is 1.06 bits per heavy atom. The summed E-state index contributed by atoms with van der Waals surface area (Å²) >= 11 is 0. The van der Waals surface area contributed by atoms with Crippen molar-refractivity contribution < 1.29 is 18.7 Å². The lowest BCUT2D eigenvalue weighted by Gasteiger charge is -2.39. The molecule has 0 aliphatic carbocycles. The molecule has 1 amide bonds. The van der Waals surface area contributed by atoms with Crippen LogP contribution in [0.3, 0.4) is 0 Å². The highest BCUT2D eigenvalue weighted by Crippen LogP contribution is 2.26. The Morgan fingerprint density at radius 3 is 2.30 bits per heavy atom. The second kappa shape index (κ2) is 9.86. The number of carbonyl (C=O) groups excluding carboxylic acids is 1. The van der Waals surface area contributed by atoms with Gasteiger partial charge in [-0.25, -0.2) is 9.18 Å². The first-order valence-corrected chi connectivity index (χ1v) is 10.6. The fraction of sp³-hybridized carbons (Fsp3) is 0.429. The molecule has 0 saturated carbocycles. The van der Waals surface area contributed by atoms with E-state index in [0.29, 0.717) is 31.9 Å². The van der Waals surface area contributed by atoms with Crippen LogP contribution in [0.4, 0.5) is 26.5 Å². The molecule has 2 aliphatic heterocycles. The number of rotatable bonds is 6. The van der Waals surface area contributed by atoms with Crippen molar-refractivity contribution in [3.63, 3.8) is 0 Å². The van der Waals surface area contributed by atoms with Gasteiger partial charge in [-0.2, -0.15) is 0 Å². The highest BCUT2D eigenvalue weighted by molar-refractivity contribution is 5.87. The summed E-state index contributed by atoms with van der Waals surface area (Å²) in [5.74, 6) is 0.788. The predicted molar refractivity (Wildman–Crippen MR) is 122 cm³/mol. The molecule has 0 radical (unpaired) electrons. The molecule has 0 bridgehead atoms. The fourth-order valence-corrected chi connectivity index (χ4v) is 3.81. The summed E-state index contributed by atoms with van der Waals surface area (Å²) in [5.41, 5.74) is 11.0. The Labute approximate surface area is 190 Å². The molecule has 2 saturated heterocycles. The van der Waals surface area contributed by atoms with Crippen molar-refractivity contribution in [1.82, 2.24) is 10.2 Å². The smallest absolute Gasteiger partial charge is 0.437 e. The maximum Gasteiger partial charge on any atom is 0.437 e. The number of nitrogens with two attached hydrogens (primary N) is 2. The minimum Gasteiger partial charge on any atom is -0.443 e. The van der Waals surface area contributed by atoms with E-state index in [4.69, 9.17) is 20.9 Å². The van der Waals surface area contributed by atoms with Gasteiger partial charge in [-0.15, -0.1) is 15.2 Å². The molecule has 2 fully saturated rings. The standard InChI is InChI=1S/C21H27FN8O3/c1-32-15-11-30(12-15)18-6-5-17(26-27-18)29-9-7-28(8-10-29)16-4-2-3-14(19(16)22)13-33-21(31)25-20(23)24/h2-6,15H,7-13H2,1H3,(H4,23,24,25,31). The van der Waals surface area contributed by atoms with E-state index in [1.807, 2.05) is 17.0 Å². The largest absolute Gasteiger partial charge is 0.443 e. The lowest BCUT2D eigenvalue weighted by Crippen LogP contribution is -2.52. The number of amides is 1. The van der Waals surface area contributed by atoms with Gasteiger partial charge in [0.15, 0.2) is 23.4 Å². The predicted octanol–water partition coefficient (Wildman–Crippen LogP) is 0.687. The van der Waals surface area contributed by atoms with Crippen LogP contribution in [0.15, 0.2) is 35.3 Å². The number of methoxy groups -OCH3 is 1. The number of aromatic nitrogens is 2. The third-order valence-corrected chi connectivity index (χ3v) is 5.72. The van der Waals surface area contributed by atoms with Crippen LogP contribution < -0.4 is 26.2 Å². The fourth-order valence-electron chi connectivity index (χ4n) is 3.81. The Balaban J connectivity index is 1.33. The number of piperazine rings is 1. The second-order valence-corrected chi connectivity index (χ2v) is 7.83. The summed E-state index contributed by atoms with van der Waals surface area (Å²) in [5, 5.41) is 8.71. The van der Waals surface area contributed by atoms with Crippen molar-refractivity contribution in [2.24, 2.45) is 16.5 Å². The lowest BCUT2D eigenvalue weighted by atomic mass is 10.1. The van der Waals surface area contributed by atoms with Gasteiger partial charge < -0.3 is 35.6 Å². The minimum atomic E-state index is -0.965. The summed E-state index contributed by atoms with van der Waals surface area (Å²) in [7, 11) is 1.71. The summed E-state index contributed by atoms with van der Waals surface area (Å²) in [6.45, 7) is 3.94. The zero-order valence-corrected chi connectivity index (χ0v) is 18.4. The SMILES string of the molecule is COC1CN(c2ccc(N3CCN(c4cccc(COC(=O)N=C(N)N)c4F)CC3)nn2)C1. The van der Waals surface area contributed by atoms with Gasteiger partial charge in [0.2, 0.25) is 0 Å². The van der Waals surface area contributed by atoms with E-state index in [2.05, 4.69) is 25.0 Å². The maximum atomic E-state index is 15.0. The van der Waals surface area contributed by atoms with Crippen LogP contribution in [0.25, 0.3) is 0 Å². The summed E-state index contributed by atoms with van der Waals surface area (Å²) < 4.78 is 25.2. The third-order valence-electron chi connectivity index (χ3n) is 5.72. The molecule has 0 atom stereocenters. The lowest BCUT2D eigenvalue weighted by molar-refractivity contribution is 0.0782. The first kappa shape index (κ1) is 22.5. The van der Waals surface area contributed by atoms with Crippen molar-refractivity contribution >= 4 is 29.4 Å². The number of hydrogen-bond acceptors (Lipinski definition) is 8. The van der Waals surface area contributed by atoms with Crippen LogP contribution in [0.5, 0.6) is 0 Å². The number of benzene rings is 1. The van der Waals surface area contributed by atoms with Crippen molar-refractivity contribution in [3.8, 4) is 0 Å². The van der Waals surface area contributed by atoms with E-state index in [9.17, 15) is 4.79 Å². The topological polar surface area (TPSA) is 135 Å². The normalized spacial score (nSPS) is 16.4. The number of guanidine groups is 1. The molecule has 12 heteroatoms. The minimum absolute atomic E-state index is 0.247. The molecule has 4 rings (SSSR count). The third kappa shape index (κ3) is 5.22. The number of aliphatic imine (C=N–C) groups is 1. The number of hydrogen-bond donors (Lipinski definition) is 2. The van der Waals surface area contributed by atoms with Crippen LogP contribution in [0, 0.1) is 5.82 Å². The van der Waals surface area contributed by atoms with Crippen molar-refractivity contribution in [1.29, 1.82) is 0 Å². The van der Waals surface area contributed by atoms with Crippen LogP contribution >= 0.6 is 0 Å².